The Morgan fingerprint density at radius 1 is 1.29 bits per heavy atom. The number of carbonyl (C=O) groups excluding carboxylic acids is 2. The second-order valence-electron chi connectivity index (χ2n) is 6.12. The number of halogens is 2. The highest BCUT2D eigenvalue weighted by molar-refractivity contribution is 7.80. The lowest BCUT2D eigenvalue weighted by atomic mass is 9.92. The van der Waals surface area contributed by atoms with Crippen molar-refractivity contribution in [3.05, 3.63) is 58.9 Å². The van der Waals surface area contributed by atoms with Crippen molar-refractivity contribution in [1.29, 1.82) is 0 Å². The average Bonchev–Trinajstić information content (AvgIpc) is 2.89. The molecule has 0 saturated carbocycles. The van der Waals surface area contributed by atoms with Crippen LogP contribution in [0.15, 0.2) is 42.5 Å². The molecule has 10 heteroatoms. The summed E-state index contributed by atoms with van der Waals surface area (Å²) in [6.07, 6.45) is 0. The van der Waals surface area contributed by atoms with Crippen LogP contribution in [0.4, 0.5) is 14.9 Å². The number of nitrogens with one attached hydrogen (secondary N) is 3. The molecule has 0 spiro atoms. The van der Waals surface area contributed by atoms with Crippen LogP contribution < -0.4 is 20.8 Å². The second-order valence-corrected chi connectivity index (χ2v) is 6.94. The number of hydrazine groups is 1. The van der Waals surface area contributed by atoms with E-state index in [0.717, 1.165) is 5.01 Å². The Bertz CT molecular complexity index is 974. The van der Waals surface area contributed by atoms with Gasteiger partial charge in [0.25, 0.3) is 5.91 Å². The van der Waals surface area contributed by atoms with Crippen LogP contribution in [0.1, 0.15) is 12.5 Å². The van der Waals surface area contributed by atoms with E-state index in [0.29, 0.717) is 17.0 Å². The van der Waals surface area contributed by atoms with E-state index in [-0.39, 0.29) is 10.1 Å². The van der Waals surface area contributed by atoms with Crippen LogP contribution in [0.25, 0.3) is 0 Å². The first-order chi connectivity index (χ1) is 13.2. The lowest BCUT2D eigenvalue weighted by Gasteiger charge is -2.23. The summed E-state index contributed by atoms with van der Waals surface area (Å²) < 4.78 is 18.4. The molecule has 2 aromatic carbocycles. The Kier molecular flexibility index (Phi) is 5.39. The summed E-state index contributed by atoms with van der Waals surface area (Å²) in [5.41, 5.74) is 2.19. The van der Waals surface area contributed by atoms with Crippen molar-refractivity contribution in [2.75, 3.05) is 12.4 Å². The Morgan fingerprint density at radius 2 is 2.04 bits per heavy atom. The summed E-state index contributed by atoms with van der Waals surface area (Å²) in [7, 11) is 1.51. The Balaban J connectivity index is 1.75. The van der Waals surface area contributed by atoms with Gasteiger partial charge < -0.3 is 15.4 Å². The average molecular weight is 423 g/mol. The van der Waals surface area contributed by atoms with Crippen molar-refractivity contribution < 1.29 is 18.7 Å². The van der Waals surface area contributed by atoms with Gasteiger partial charge in [0, 0.05) is 5.69 Å². The highest BCUT2D eigenvalue weighted by atomic mass is 35.5. The maximum Gasteiger partial charge on any atom is 0.344 e. The fourth-order valence-electron chi connectivity index (χ4n) is 2.70. The number of methoxy groups -OCH3 is 1. The minimum absolute atomic E-state index is 0.0407. The molecule has 0 aliphatic carbocycles. The van der Waals surface area contributed by atoms with E-state index in [4.69, 9.17) is 28.6 Å². The van der Waals surface area contributed by atoms with E-state index in [9.17, 15) is 14.0 Å². The topological polar surface area (TPSA) is 82.7 Å². The summed E-state index contributed by atoms with van der Waals surface area (Å²) in [6.45, 7) is 1.58. The van der Waals surface area contributed by atoms with Crippen LogP contribution in [0.2, 0.25) is 5.02 Å². The van der Waals surface area contributed by atoms with Gasteiger partial charge in [0.1, 0.15) is 17.1 Å². The van der Waals surface area contributed by atoms with E-state index in [1.807, 2.05) is 0 Å². The standard InChI is InChI=1S/C18H16ClFN4O3S/c1-18(10-4-3-5-12(8-10)27-2)15(25)24(17(26)22-18)23-16(28)21-11-6-7-14(20)13(19)9-11/h3-9H,1-2H3,(H,22,26)(H2,21,23,28)/t18-/m1/s1. The molecule has 1 aliphatic rings. The molecule has 7 nitrogen and oxygen atoms in total. The monoisotopic (exact) mass is 422 g/mol. The summed E-state index contributed by atoms with van der Waals surface area (Å²) >= 11 is 10.9. The zero-order chi connectivity index (χ0) is 20.5. The van der Waals surface area contributed by atoms with Gasteiger partial charge in [-0.15, -0.1) is 0 Å². The second kappa shape index (κ2) is 7.61. The number of hydrogen-bond acceptors (Lipinski definition) is 4. The zero-order valence-electron chi connectivity index (χ0n) is 14.9. The first-order valence-corrected chi connectivity index (χ1v) is 8.87. The number of thiocarbonyl (C=S) groups is 1. The van der Waals surface area contributed by atoms with Gasteiger partial charge in [-0.3, -0.25) is 10.2 Å². The Hall–Kier alpha value is -2.91. The lowest BCUT2D eigenvalue weighted by molar-refractivity contribution is -0.132. The quantitative estimate of drug-likeness (QED) is 0.518. The molecule has 2 aromatic rings. The smallest absolute Gasteiger partial charge is 0.344 e. The van der Waals surface area contributed by atoms with Crippen molar-refractivity contribution in [3.63, 3.8) is 0 Å². The summed E-state index contributed by atoms with van der Waals surface area (Å²) in [4.78, 5) is 25.3. The van der Waals surface area contributed by atoms with E-state index < -0.39 is 23.3 Å². The molecule has 0 unspecified atom stereocenters. The molecule has 3 amide bonds. The third-order valence-electron chi connectivity index (χ3n) is 4.23. The fourth-order valence-corrected chi connectivity index (χ4v) is 3.09. The number of urea groups is 1. The van der Waals surface area contributed by atoms with Crippen LogP contribution in [-0.2, 0) is 10.3 Å². The van der Waals surface area contributed by atoms with Crippen molar-refractivity contribution in [3.8, 4) is 5.75 Å². The van der Waals surface area contributed by atoms with Crippen LogP contribution in [-0.4, -0.2) is 29.2 Å². The predicted octanol–water partition coefficient (Wildman–Crippen LogP) is 3.16. The summed E-state index contributed by atoms with van der Waals surface area (Å²) in [5, 5.41) is 6.03. The molecule has 146 valence electrons. The maximum atomic E-state index is 13.2. The molecular formula is C18H16ClFN4O3S. The van der Waals surface area contributed by atoms with Crippen LogP contribution in [0, 0.1) is 5.82 Å². The van der Waals surface area contributed by atoms with E-state index in [1.54, 1.807) is 31.2 Å². The number of nitrogens with zero attached hydrogens (tertiary/aromatic N) is 1. The molecule has 0 aromatic heterocycles. The van der Waals surface area contributed by atoms with Crippen LogP contribution >= 0.6 is 23.8 Å². The molecule has 3 N–H and O–H groups in total. The number of benzene rings is 2. The number of carbonyl (C=O) groups is 2. The Morgan fingerprint density at radius 3 is 2.71 bits per heavy atom. The summed E-state index contributed by atoms with van der Waals surface area (Å²) in [6, 6.07) is 10.1. The third kappa shape index (κ3) is 3.71. The predicted molar refractivity (Wildman–Crippen MR) is 106 cm³/mol. The number of rotatable bonds is 4. The molecule has 1 aliphatic heterocycles. The van der Waals surface area contributed by atoms with Crippen LogP contribution in [0.3, 0.4) is 0 Å². The number of anilines is 1. The highest BCUT2D eigenvalue weighted by Crippen LogP contribution is 2.30. The molecule has 0 bridgehead atoms. The number of amides is 3. The van der Waals surface area contributed by atoms with Gasteiger partial charge in [-0.1, -0.05) is 23.7 Å². The maximum absolute atomic E-state index is 13.2. The molecule has 0 radical (unpaired) electrons. The molecule has 1 fully saturated rings. The minimum Gasteiger partial charge on any atom is -0.497 e. The van der Waals surface area contributed by atoms with Gasteiger partial charge in [-0.25, -0.2) is 9.18 Å². The minimum atomic E-state index is -1.30. The van der Waals surface area contributed by atoms with Gasteiger partial charge in [0.2, 0.25) is 0 Å². The molecule has 3 rings (SSSR count). The molecule has 28 heavy (non-hydrogen) atoms. The van der Waals surface area contributed by atoms with Gasteiger partial charge in [0.05, 0.1) is 12.1 Å². The molecular weight excluding hydrogens is 407 g/mol. The normalized spacial score (nSPS) is 18.6. The van der Waals surface area contributed by atoms with Gasteiger partial charge in [-0.2, -0.15) is 5.01 Å². The Labute approximate surface area is 170 Å². The van der Waals surface area contributed by atoms with Crippen molar-refractivity contribution >= 4 is 46.6 Å². The molecule has 1 heterocycles. The highest BCUT2D eigenvalue weighted by Gasteiger charge is 2.50. The molecule has 1 saturated heterocycles. The SMILES string of the molecule is COc1cccc([C@@]2(C)NC(=O)N(NC(=S)Nc3ccc(F)c(Cl)c3)C2=O)c1. The number of imide groups is 1. The number of hydrogen-bond donors (Lipinski definition) is 3. The third-order valence-corrected chi connectivity index (χ3v) is 4.71. The fraction of sp³-hybridized carbons (Fsp3) is 0.167. The van der Waals surface area contributed by atoms with Crippen LogP contribution in [0.5, 0.6) is 5.75 Å². The van der Waals surface area contributed by atoms with E-state index in [1.165, 1.54) is 25.3 Å². The first kappa shape index (κ1) is 19.8. The van der Waals surface area contributed by atoms with Gasteiger partial charge in [0.15, 0.2) is 5.11 Å². The lowest BCUT2D eigenvalue weighted by Crippen LogP contribution is -2.49. The van der Waals surface area contributed by atoms with Crippen molar-refractivity contribution in [1.82, 2.24) is 15.8 Å². The van der Waals surface area contributed by atoms with Gasteiger partial charge in [-0.05, 0) is 55.0 Å². The first-order valence-electron chi connectivity index (χ1n) is 8.08. The van der Waals surface area contributed by atoms with Crippen molar-refractivity contribution in [2.24, 2.45) is 0 Å². The van der Waals surface area contributed by atoms with Crippen molar-refractivity contribution in [2.45, 2.75) is 12.5 Å². The van der Waals surface area contributed by atoms with E-state index in [2.05, 4.69) is 16.1 Å². The largest absolute Gasteiger partial charge is 0.497 e. The number of ether oxygens (including phenoxy) is 1. The van der Waals surface area contributed by atoms with E-state index >= 15 is 0 Å². The molecule has 1 atom stereocenters. The van der Waals surface area contributed by atoms with Gasteiger partial charge >= 0.3 is 6.03 Å². The zero-order valence-corrected chi connectivity index (χ0v) is 16.5. The summed E-state index contributed by atoms with van der Waals surface area (Å²) in [5.74, 6) is -0.571.